The van der Waals surface area contributed by atoms with Crippen molar-refractivity contribution in [3.05, 3.63) is 65.2 Å². The van der Waals surface area contributed by atoms with Crippen molar-refractivity contribution < 1.29 is 14.3 Å². The summed E-state index contributed by atoms with van der Waals surface area (Å²) >= 11 is 6.67. The van der Waals surface area contributed by atoms with Gasteiger partial charge in [0.1, 0.15) is 10.0 Å². The number of carbonyl (C=O) groups is 1. The Morgan fingerprint density at radius 2 is 1.84 bits per heavy atom. The van der Waals surface area contributed by atoms with E-state index in [4.69, 9.17) is 26.8 Å². The third-order valence-electron chi connectivity index (χ3n) is 4.90. The quantitative estimate of drug-likeness (QED) is 0.397. The normalized spacial score (nSPS) is 15.1. The maximum absolute atomic E-state index is 12.7. The van der Waals surface area contributed by atoms with Crippen LogP contribution in [0, 0.1) is 0 Å². The van der Waals surface area contributed by atoms with E-state index in [9.17, 15) is 4.79 Å². The molecule has 0 atom stereocenters. The van der Waals surface area contributed by atoms with Crippen LogP contribution >= 0.6 is 24.0 Å². The lowest BCUT2D eigenvalue weighted by molar-refractivity contribution is -0.121. The fourth-order valence-corrected chi connectivity index (χ4v) is 4.70. The first kappa shape index (κ1) is 21.1. The molecular weight excluding hydrogens is 430 g/mol. The Balaban J connectivity index is 1.85. The largest absolute Gasteiger partial charge is 0.493 e. The molecule has 0 aliphatic carbocycles. The fourth-order valence-electron chi connectivity index (χ4n) is 3.33. The van der Waals surface area contributed by atoms with Gasteiger partial charge < -0.3 is 9.47 Å². The van der Waals surface area contributed by atoms with E-state index < -0.39 is 0 Å². The molecule has 8 heteroatoms. The van der Waals surface area contributed by atoms with Crippen molar-refractivity contribution in [1.82, 2.24) is 14.7 Å². The van der Waals surface area contributed by atoms with E-state index in [0.717, 1.165) is 22.5 Å². The van der Waals surface area contributed by atoms with E-state index in [2.05, 4.69) is 0 Å². The second-order valence-electron chi connectivity index (χ2n) is 6.71. The smallest absolute Gasteiger partial charge is 0.266 e. The van der Waals surface area contributed by atoms with E-state index in [-0.39, 0.29) is 5.91 Å². The standard InChI is InChI=1S/C23H21N3O3S2/c1-4-25-22(27)20(31-23(25)30)13-16-14-26(17-8-6-5-7-9-17)24-21(16)15-10-11-18(28-2)19(12-15)29-3/h5-14H,4H2,1-3H3/b20-13+. The number of thiocarbonyl (C=S) groups is 1. The van der Waals surface area contributed by atoms with Gasteiger partial charge in [-0.2, -0.15) is 5.10 Å². The summed E-state index contributed by atoms with van der Waals surface area (Å²) in [5.41, 5.74) is 3.31. The summed E-state index contributed by atoms with van der Waals surface area (Å²) in [5.74, 6) is 1.17. The number of carbonyl (C=O) groups excluding carboxylic acids is 1. The van der Waals surface area contributed by atoms with Crippen LogP contribution in [-0.2, 0) is 4.79 Å². The van der Waals surface area contributed by atoms with Gasteiger partial charge in [0.15, 0.2) is 11.5 Å². The number of ether oxygens (including phenoxy) is 2. The molecule has 2 heterocycles. The number of hydrogen-bond donors (Lipinski definition) is 0. The van der Waals surface area contributed by atoms with Gasteiger partial charge in [-0.3, -0.25) is 9.69 Å². The molecule has 0 bridgehead atoms. The molecule has 0 N–H and O–H groups in total. The fraction of sp³-hybridized carbons (Fsp3) is 0.174. The summed E-state index contributed by atoms with van der Waals surface area (Å²) in [6, 6.07) is 15.5. The van der Waals surface area contributed by atoms with Gasteiger partial charge in [-0.25, -0.2) is 4.68 Å². The first-order valence-corrected chi connectivity index (χ1v) is 10.9. The van der Waals surface area contributed by atoms with E-state index >= 15 is 0 Å². The highest BCUT2D eigenvalue weighted by atomic mass is 32.2. The molecule has 1 aliphatic rings. The highest BCUT2D eigenvalue weighted by Gasteiger charge is 2.31. The van der Waals surface area contributed by atoms with E-state index in [0.29, 0.717) is 27.3 Å². The third-order valence-corrected chi connectivity index (χ3v) is 6.27. The Hall–Kier alpha value is -3.10. The molecule has 1 aliphatic heterocycles. The average Bonchev–Trinajstić information content (AvgIpc) is 3.34. The third kappa shape index (κ3) is 4.08. The molecule has 31 heavy (non-hydrogen) atoms. The number of likely N-dealkylation sites (N-methyl/N-ethyl adjacent to an activating group) is 1. The zero-order chi connectivity index (χ0) is 22.0. The van der Waals surface area contributed by atoms with Crippen molar-refractivity contribution in [3.8, 4) is 28.4 Å². The van der Waals surface area contributed by atoms with Crippen LogP contribution in [0.15, 0.2) is 59.6 Å². The number of thioether (sulfide) groups is 1. The molecule has 0 radical (unpaired) electrons. The van der Waals surface area contributed by atoms with Gasteiger partial charge in [-0.05, 0) is 43.3 Å². The lowest BCUT2D eigenvalue weighted by atomic mass is 10.1. The SMILES string of the molecule is CCN1C(=O)/C(=C\c2cn(-c3ccccc3)nc2-c2ccc(OC)c(OC)c2)SC1=S. The van der Waals surface area contributed by atoms with Gasteiger partial charge in [0.2, 0.25) is 0 Å². The topological polar surface area (TPSA) is 56.6 Å². The predicted molar refractivity (Wildman–Crippen MR) is 128 cm³/mol. The van der Waals surface area contributed by atoms with Crippen LogP contribution in [0.4, 0.5) is 0 Å². The van der Waals surface area contributed by atoms with Crippen molar-refractivity contribution >= 4 is 40.3 Å². The lowest BCUT2D eigenvalue weighted by Gasteiger charge is -2.09. The number of methoxy groups -OCH3 is 2. The minimum atomic E-state index is -0.0803. The highest BCUT2D eigenvalue weighted by Crippen LogP contribution is 2.37. The second kappa shape index (κ2) is 8.95. The van der Waals surface area contributed by atoms with Crippen LogP contribution in [0.2, 0.25) is 0 Å². The molecule has 2 aromatic carbocycles. The molecule has 1 saturated heterocycles. The first-order chi connectivity index (χ1) is 15.0. The molecule has 6 nitrogen and oxygen atoms in total. The van der Waals surface area contributed by atoms with Crippen molar-refractivity contribution in [3.63, 3.8) is 0 Å². The van der Waals surface area contributed by atoms with Crippen LogP contribution in [0.25, 0.3) is 23.0 Å². The van der Waals surface area contributed by atoms with E-state index in [1.165, 1.54) is 11.8 Å². The monoisotopic (exact) mass is 451 g/mol. The maximum Gasteiger partial charge on any atom is 0.266 e. The molecule has 3 aromatic rings. The van der Waals surface area contributed by atoms with Gasteiger partial charge in [-0.1, -0.05) is 42.2 Å². The van der Waals surface area contributed by atoms with Gasteiger partial charge >= 0.3 is 0 Å². The van der Waals surface area contributed by atoms with Crippen LogP contribution in [0.1, 0.15) is 12.5 Å². The van der Waals surface area contributed by atoms with Crippen molar-refractivity contribution in [1.29, 1.82) is 0 Å². The van der Waals surface area contributed by atoms with Gasteiger partial charge in [0.25, 0.3) is 5.91 Å². The van der Waals surface area contributed by atoms with Crippen LogP contribution in [-0.4, -0.2) is 45.7 Å². The molecule has 1 aromatic heterocycles. The summed E-state index contributed by atoms with van der Waals surface area (Å²) in [7, 11) is 3.20. The molecule has 1 amide bonds. The minimum absolute atomic E-state index is 0.0803. The predicted octanol–water partition coefficient (Wildman–Crippen LogP) is 4.78. The lowest BCUT2D eigenvalue weighted by Crippen LogP contribution is -2.27. The molecule has 4 rings (SSSR count). The summed E-state index contributed by atoms with van der Waals surface area (Å²) in [5, 5.41) is 4.82. The number of nitrogens with zero attached hydrogens (tertiary/aromatic N) is 3. The average molecular weight is 452 g/mol. The molecule has 0 spiro atoms. The van der Waals surface area contributed by atoms with Crippen molar-refractivity contribution in [2.75, 3.05) is 20.8 Å². The molecule has 0 unspecified atom stereocenters. The van der Waals surface area contributed by atoms with E-state index in [1.807, 2.05) is 67.7 Å². The zero-order valence-electron chi connectivity index (χ0n) is 17.4. The Bertz CT molecular complexity index is 1170. The molecular formula is C23H21N3O3S2. The van der Waals surface area contributed by atoms with Crippen LogP contribution < -0.4 is 9.47 Å². The Kier molecular flexibility index (Phi) is 6.11. The van der Waals surface area contributed by atoms with Crippen molar-refractivity contribution in [2.45, 2.75) is 6.92 Å². The Morgan fingerprint density at radius 1 is 1.10 bits per heavy atom. The number of aromatic nitrogens is 2. The summed E-state index contributed by atoms with van der Waals surface area (Å²) < 4.78 is 13.2. The molecule has 0 saturated carbocycles. The number of para-hydroxylation sites is 1. The van der Waals surface area contributed by atoms with Gasteiger partial charge in [-0.15, -0.1) is 0 Å². The second-order valence-corrected chi connectivity index (χ2v) is 8.38. The maximum atomic E-state index is 12.7. The van der Waals surface area contributed by atoms with E-state index in [1.54, 1.807) is 23.8 Å². The molecule has 158 valence electrons. The first-order valence-electron chi connectivity index (χ1n) is 9.68. The Labute approximate surface area is 190 Å². The highest BCUT2D eigenvalue weighted by molar-refractivity contribution is 8.26. The van der Waals surface area contributed by atoms with Crippen molar-refractivity contribution in [2.24, 2.45) is 0 Å². The Morgan fingerprint density at radius 3 is 2.48 bits per heavy atom. The van der Waals surface area contributed by atoms with Crippen LogP contribution in [0.3, 0.4) is 0 Å². The minimum Gasteiger partial charge on any atom is -0.493 e. The molecule has 1 fully saturated rings. The number of hydrogen-bond acceptors (Lipinski definition) is 6. The summed E-state index contributed by atoms with van der Waals surface area (Å²) in [6.45, 7) is 2.46. The summed E-state index contributed by atoms with van der Waals surface area (Å²) in [6.07, 6.45) is 3.77. The zero-order valence-corrected chi connectivity index (χ0v) is 19.0. The van der Waals surface area contributed by atoms with Crippen LogP contribution in [0.5, 0.6) is 11.5 Å². The van der Waals surface area contributed by atoms with Gasteiger partial charge in [0, 0.05) is 23.9 Å². The number of rotatable bonds is 6. The number of amides is 1. The number of benzene rings is 2. The summed E-state index contributed by atoms with van der Waals surface area (Å²) in [4.78, 5) is 14.9. The van der Waals surface area contributed by atoms with Gasteiger partial charge in [0.05, 0.1) is 24.8 Å².